The maximum Gasteiger partial charge on any atom is 0.243 e. The van der Waals surface area contributed by atoms with Gasteiger partial charge in [-0.15, -0.1) is 0 Å². The second-order valence-electron chi connectivity index (χ2n) is 4.84. The van der Waals surface area contributed by atoms with Crippen molar-refractivity contribution >= 4 is 21.6 Å². The van der Waals surface area contributed by atoms with E-state index in [1.54, 1.807) is 12.1 Å². The summed E-state index contributed by atoms with van der Waals surface area (Å²) in [5.41, 5.74) is 0. The lowest BCUT2D eigenvalue weighted by atomic mass is 10.2. The molecule has 7 heteroatoms. The topological polar surface area (TPSA) is 69.6 Å². The normalized spacial score (nSPS) is 19.6. The van der Waals surface area contributed by atoms with Crippen molar-refractivity contribution in [2.24, 2.45) is 0 Å². The number of nitrogens with zero attached hydrogens (tertiary/aromatic N) is 1. The predicted octanol–water partition coefficient (Wildman–Crippen LogP) is 1.07. The van der Waals surface area contributed by atoms with Crippen LogP contribution in [0.4, 0.5) is 0 Å². The number of halogens is 1. The quantitative estimate of drug-likeness (QED) is 0.823. The van der Waals surface area contributed by atoms with Crippen molar-refractivity contribution in [3.05, 3.63) is 29.3 Å². The van der Waals surface area contributed by atoms with E-state index < -0.39 is 10.0 Å². The van der Waals surface area contributed by atoms with Gasteiger partial charge in [0.1, 0.15) is 0 Å². The van der Waals surface area contributed by atoms with Crippen LogP contribution in [0.2, 0.25) is 5.02 Å². The van der Waals surface area contributed by atoms with Crippen LogP contribution >= 0.6 is 11.6 Å². The van der Waals surface area contributed by atoms with Crippen LogP contribution in [0.15, 0.2) is 29.2 Å². The zero-order valence-electron chi connectivity index (χ0n) is 11.1. The van der Waals surface area contributed by atoms with Gasteiger partial charge in [-0.3, -0.25) is 0 Å². The summed E-state index contributed by atoms with van der Waals surface area (Å²) in [5.74, 6) is 0. The number of aliphatic hydroxyl groups excluding tert-OH is 1. The molecule has 0 saturated carbocycles. The highest BCUT2D eigenvalue weighted by atomic mass is 35.5. The second-order valence-corrected chi connectivity index (χ2v) is 7.21. The molecule has 1 aliphatic rings. The maximum absolute atomic E-state index is 12.6. The van der Waals surface area contributed by atoms with Gasteiger partial charge in [0, 0.05) is 24.2 Å². The van der Waals surface area contributed by atoms with Gasteiger partial charge in [0.2, 0.25) is 10.0 Å². The van der Waals surface area contributed by atoms with E-state index in [2.05, 4.69) is 5.32 Å². The smallest absolute Gasteiger partial charge is 0.243 e. The highest BCUT2D eigenvalue weighted by Crippen LogP contribution is 2.20. The predicted molar refractivity (Wildman–Crippen MR) is 78.3 cm³/mol. The first kappa shape index (κ1) is 15.7. The summed E-state index contributed by atoms with van der Waals surface area (Å²) >= 11 is 5.86. The lowest BCUT2D eigenvalue weighted by molar-refractivity contribution is 0.246. The van der Waals surface area contributed by atoms with E-state index in [0.29, 0.717) is 11.6 Å². The fourth-order valence-electron chi connectivity index (χ4n) is 2.36. The molecule has 1 aromatic rings. The number of sulfonamides is 1. The number of aliphatic hydroxyl groups is 1. The van der Waals surface area contributed by atoms with Gasteiger partial charge in [-0.2, -0.15) is 4.31 Å². The molecule has 2 rings (SSSR count). The molecule has 0 aliphatic carbocycles. The first-order valence-electron chi connectivity index (χ1n) is 6.64. The van der Waals surface area contributed by atoms with Crippen molar-refractivity contribution in [2.45, 2.75) is 23.8 Å². The molecule has 1 aliphatic heterocycles. The molecule has 0 bridgehead atoms. The van der Waals surface area contributed by atoms with Crippen molar-refractivity contribution in [1.29, 1.82) is 0 Å². The Morgan fingerprint density at radius 2 is 2.25 bits per heavy atom. The summed E-state index contributed by atoms with van der Waals surface area (Å²) in [6.45, 7) is 1.17. The van der Waals surface area contributed by atoms with Crippen LogP contribution in [-0.2, 0) is 10.0 Å². The van der Waals surface area contributed by atoms with Crippen molar-refractivity contribution in [3.8, 4) is 0 Å². The number of rotatable bonds is 6. The summed E-state index contributed by atoms with van der Waals surface area (Å²) in [6, 6.07) is 6.35. The second kappa shape index (κ2) is 6.87. The monoisotopic (exact) mass is 318 g/mol. The molecule has 1 aromatic carbocycles. The van der Waals surface area contributed by atoms with Crippen molar-refractivity contribution < 1.29 is 13.5 Å². The third-order valence-corrected chi connectivity index (χ3v) is 5.47. The maximum atomic E-state index is 12.6. The first-order valence-corrected chi connectivity index (χ1v) is 8.46. The summed E-state index contributed by atoms with van der Waals surface area (Å²) in [4.78, 5) is 0.163. The van der Waals surface area contributed by atoms with Crippen LogP contribution in [0.3, 0.4) is 0 Å². The van der Waals surface area contributed by atoms with Crippen molar-refractivity contribution in [1.82, 2.24) is 9.62 Å². The highest BCUT2D eigenvalue weighted by molar-refractivity contribution is 7.89. The van der Waals surface area contributed by atoms with Crippen LogP contribution in [0.1, 0.15) is 12.8 Å². The molecular formula is C13H19ClN2O3S. The van der Waals surface area contributed by atoms with Crippen molar-refractivity contribution in [3.63, 3.8) is 0 Å². The lowest BCUT2D eigenvalue weighted by Gasteiger charge is -2.24. The summed E-state index contributed by atoms with van der Waals surface area (Å²) < 4.78 is 26.5. The Bertz CT molecular complexity index is 544. The zero-order valence-corrected chi connectivity index (χ0v) is 12.7. The fourth-order valence-corrected chi connectivity index (χ4v) is 4.13. The molecule has 5 nitrogen and oxygen atoms in total. The Kier molecular flexibility index (Phi) is 5.40. The van der Waals surface area contributed by atoms with Crippen LogP contribution in [-0.4, -0.2) is 50.1 Å². The van der Waals surface area contributed by atoms with E-state index >= 15 is 0 Å². The molecule has 1 heterocycles. The number of hydrogen-bond donors (Lipinski definition) is 2. The third-order valence-electron chi connectivity index (χ3n) is 3.37. The molecule has 20 heavy (non-hydrogen) atoms. The molecule has 1 fully saturated rings. The van der Waals surface area contributed by atoms with Crippen LogP contribution in [0.25, 0.3) is 0 Å². The van der Waals surface area contributed by atoms with Gasteiger partial charge in [-0.05, 0) is 37.6 Å². The molecule has 0 radical (unpaired) electrons. The minimum Gasteiger partial charge on any atom is -0.395 e. The van der Waals surface area contributed by atoms with Gasteiger partial charge in [-0.25, -0.2) is 8.42 Å². The Morgan fingerprint density at radius 1 is 1.45 bits per heavy atom. The van der Waals surface area contributed by atoms with E-state index in [9.17, 15) is 8.42 Å². The summed E-state index contributed by atoms with van der Waals surface area (Å²) in [5, 5.41) is 12.8. The molecule has 2 N–H and O–H groups in total. The van der Waals surface area contributed by atoms with E-state index in [-0.39, 0.29) is 24.1 Å². The van der Waals surface area contributed by atoms with Gasteiger partial charge in [-0.1, -0.05) is 17.7 Å². The van der Waals surface area contributed by atoms with Gasteiger partial charge < -0.3 is 10.4 Å². The van der Waals surface area contributed by atoms with Crippen LogP contribution < -0.4 is 5.32 Å². The van der Waals surface area contributed by atoms with E-state index in [1.165, 1.54) is 16.4 Å². The molecular weight excluding hydrogens is 300 g/mol. The van der Waals surface area contributed by atoms with Gasteiger partial charge >= 0.3 is 0 Å². The minimum atomic E-state index is -3.62. The number of nitrogens with one attached hydrogen (secondary N) is 1. The molecule has 1 unspecified atom stereocenters. The molecule has 1 saturated heterocycles. The van der Waals surface area contributed by atoms with Crippen LogP contribution in [0, 0.1) is 0 Å². The molecule has 0 amide bonds. The van der Waals surface area contributed by atoms with E-state index in [1.807, 2.05) is 0 Å². The van der Waals surface area contributed by atoms with E-state index in [4.69, 9.17) is 16.7 Å². The lowest BCUT2D eigenvalue weighted by Crippen LogP contribution is -2.42. The molecule has 0 aromatic heterocycles. The molecule has 112 valence electrons. The fraction of sp³-hybridized carbons (Fsp3) is 0.538. The SMILES string of the molecule is O=S(=O)(c1cccc(Cl)c1)N(CCO)CC1CCCN1. The first-order chi connectivity index (χ1) is 9.54. The number of benzene rings is 1. The Labute approximate surface area is 124 Å². The summed E-state index contributed by atoms with van der Waals surface area (Å²) in [6.07, 6.45) is 2.00. The van der Waals surface area contributed by atoms with Gasteiger partial charge in [0.25, 0.3) is 0 Å². The number of hydrogen-bond acceptors (Lipinski definition) is 4. The molecule has 0 spiro atoms. The van der Waals surface area contributed by atoms with Gasteiger partial charge in [0.05, 0.1) is 11.5 Å². The van der Waals surface area contributed by atoms with Gasteiger partial charge in [0.15, 0.2) is 0 Å². The highest BCUT2D eigenvalue weighted by Gasteiger charge is 2.28. The van der Waals surface area contributed by atoms with E-state index in [0.717, 1.165) is 19.4 Å². The standard InChI is InChI=1S/C13H19ClN2O3S/c14-11-3-1-5-13(9-11)20(18,19)16(7-8-17)10-12-4-2-6-15-12/h1,3,5,9,12,15,17H,2,4,6-8,10H2. The Morgan fingerprint density at radius 3 is 2.85 bits per heavy atom. The Balaban J connectivity index is 2.21. The average molecular weight is 319 g/mol. The average Bonchev–Trinajstić information content (AvgIpc) is 2.91. The molecule has 1 atom stereocenters. The minimum absolute atomic E-state index is 0.0903. The largest absolute Gasteiger partial charge is 0.395 e. The van der Waals surface area contributed by atoms with Crippen molar-refractivity contribution in [2.75, 3.05) is 26.2 Å². The zero-order chi connectivity index (χ0) is 14.6. The third kappa shape index (κ3) is 3.71. The van der Waals surface area contributed by atoms with Crippen LogP contribution in [0.5, 0.6) is 0 Å². The summed E-state index contributed by atoms with van der Waals surface area (Å²) in [7, 11) is -3.62. The Hall–Kier alpha value is -0.660.